The second-order valence-corrected chi connectivity index (χ2v) is 6.77. The first-order valence-corrected chi connectivity index (χ1v) is 9.05. The van der Waals surface area contributed by atoms with Crippen molar-refractivity contribution in [2.45, 2.75) is 32.1 Å². The molecule has 1 aromatic rings. The molecule has 2 aliphatic rings. The molecule has 0 atom stereocenters. The van der Waals surface area contributed by atoms with Crippen LogP contribution in [0.25, 0.3) is 6.08 Å². The average molecular weight is 312 g/mol. The van der Waals surface area contributed by atoms with Gasteiger partial charge in [-0.05, 0) is 18.4 Å². The summed E-state index contributed by atoms with van der Waals surface area (Å²) >= 11 is 0. The Morgan fingerprint density at radius 3 is 2.39 bits per heavy atom. The van der Waals surface area contributed by atoms with E-state index >= 15 is 0 Å². The third-order valence-electron chi connectivity index (χ3n) is 5.11. The summed E-state index contributed by atoms with van der Waals surface area (Å²) in [5.41, 5.74) is 1.25. The van der Waals surface area contributed by atoms with Gasteiger partial charge in [-0.2, -0.15) is 0 Å². The maximum absolute atomic E-state index is 12.6. The van der Waals surface area contributed by atoms with Crippen LogP contribution in [0.15, 0.2) is 36.4 Å². The smallest absolute Gasteiger partial charge is 0.225 e. The van der Waals surface area contributed by atoms with Gasteiger partial charge in [-0.1, -0.05) is 61.7 Å². The maximum atomic E-state index is 12.6. The van der Waals surface area contributed by atoms with E-state index in [2.05, 4.69) is 46.2 Å². The molecule has 1 saturated heterocycles. The first kappa shape index (κ1) is 16.3. The normalized spacial score (nSPS) is 21.0. The SMILES string of the molecule is O=C(C1CCCCC1)N1CCN(CC=Cc2ccccc2)CC1. The van der Waals surface area contributed by atoms with Crippen LogP contribution >= 0.6 is 0 Å². The number of carbonyl (C=O) groups is 1. The van der Waals surface area contributed by atoms with Gasteiger partial charge in [0.2, 0.25) is 5.91 Å². The number of hydrogen-bond acceptors (Lipinski definition) is 2. The lowest BCUT2D eigenvalue weighted by Gasteiger charge is -2.36. The van der Waals surface area contributed by atoms with Gasteiger partial charge < -0.3 is 4.90 Å². The molecule has 0 spiro atoms. The van der Waals surface area contributed by atoms with Crippen LogP contribution in [0.5, 0.6) is 0 Å². The summed E-state index contributed by atoms with van der Waals surface area (Å²) in [5.74, 6) is 0.734. The number of piperazine rings is 1. The number of amides is 1. The van der Waals surface area contributed by atoms with Crippen LogP contribution in [0.4, 0.5) is 0 Å². The molecule has 0 aromatic heterocycles. The molecule has 1 heterocycles. The molecule has 0 radical (unpaired) electrons. The van der Waals surface area contributed by atoms with Crippen molar-refractivity contribution in [1.29, 1.82) is 0 Å². The zero-order valence-electron chi connectivity index (χ0n) is 14.0. The Morgan fingerprint density at radius 2 is 1.70 bits per heavy atom. The quantitative estimate of drug-likeness (QED) is 0.850. The van der Waals surface area contributed by atoms with E-state index in [0.717, 1.165) is 45.6 Å². The van der Waals surface area contributed by atoms with E-state index in [0.29, 0.717) is 11.8 Å². The van der Waals surface area contributed by atoms with E-state index in [1.165, 1.54) is 24.8 Å². The largest absolute Gasteiger partial charge is 0.340 e. The zero-order chi connectivity index (χ0) is 15.9. The van der Waals surface area contributed by atoms with Crippen LogP contribution in [0.2, 0.25) is 0 Å². The predicted molar refractivity (Wildman–Crippen MR) is 95.1 cm³/mol. The van der Waals surface area contributed by atoms with Gasteiger partial charge in [0.05, 0.1) is 0 Å². The van der Waals surface area contributed by atoms with Gasteiger partial charge in [-0.15, -0.1) is 0 Å². The second kappa shape index (κ2) is 8.30. The van der Waals surface area contributed by atoms with Crippen molar-refractivity contribution in [1.82, 2.24) is 9.80 Å². The molecule has 3 heteroatoms. The minimum atomic E-state index is 0.313. The highest BCUT2D eigenvalue weighted by atomic mass is 16.2. The third-order valence-corrected chi connectivity index (χ3v) is 5.11. The Morgan fingerprint density at radius 1 is 1.00 bits per heavy atom. The van der Waals surface area contributed by atoms with Gasteiger partial charge in [0.25, 0.3) is 0 Å². The molecule has 0 unspecified atom stereocenters. The number of rotatable bonds is 4. The topological polar surface area (TPSA) is 23.6 Å². The Kier molecular flexibility index (Phi) is 5.87. The van der Waals surface area contributed by atoms with Gasteiger partial charge >= 0.3 is 0 Å². The Hall–Kier alpha value is -1.61. The highest BCUT2D eigenvalue weighted by Gasteiger charge is 2.27. The molecule has 2 fully saturated rings. The van der Waals surface area contributed by atoms with E-state index in [1.807, 2.05) is 6.07 Å². The van der Waals surface area contributed by atoms with Crippen LogP contribution in [-0.2, 0) is 4.79 Å². The molecule has 1 saturated carbocycles. The van der Waals surface area contributed by atoms with Gasteiger partial charge in [-0.3, -0.25) is 9.69 Å². The van der Waals surface area contributed by atoms with Crippen LogP contribution in [0, 0.1) is 5.92 Å². The van der Waals surface area contributed by atoms with Crippen molar-refractivity contribution in [3.05, 3.63) is 42.0 Å². The first-order chi connectivity index (χ1) is 11.3. The summed E-state index contributed by atoms with van der Waals surface area (Å²) in [6.07, 6.45) is 10.4. The Balaban J connectivity index is 1.41. The molecule has 1 aromatic carbocycles. The minimum absolute atomic E-state index is 0.313. The monoisotopic (exact) mass is 312 g/mol. The lowest BCUT2D eigenvalue weighted by Crippen LogP contribution is -2.50. The minimum Gasteiger partial charge on any atom is -0.340 e. The van der Waals surface area contributed by atoms with E-state index in [4.69, 9.17) is 0 Å². The summed E-state index contributed by atoms with van der Waals surface area (Å²) in [6.45, 7) is 4.76. The molecule has 3 rings (SSSR count). The lowest BCUT2D eigenvalue weighted by molar-refractivity contribution is -0.138. The predicted octanol–water partition coefficient (Wildman–Crippen LogP) is 3.42. The fourth-order valence-electron chi connectivity index (χ4n) is 3.66. The fourth-order valence-corrected chi connectivity index (χ4v) is 3.66. The summed E-state index contributed by atoms with van der Waals surface area (Å²) in [6, 6.07) is 10.4. The molecule has 23 heavy (non-hydrogen) atoms. The lowest BCUT2D eigenvalue weighted by atomic mass is 9.88. The van der Waals surface area contributed by atoms with E-state index < -0.39 is 0 Å². The van der Waals surface area contributed by atoms with Crippen molar-refractivity contribution in [3.63, 3.8) is 0 Å². The fraction of sp³-hybridized carbons (Fsp3) is 0.550. The maximum Gasteiger partial charge on any atom is 0.225 e. The second-order valence-electron chi connectivity index (χ2n) is 6.77. The summed E-state index contributed by atoms with van der Waals surface area (Å²) < 4.78 is 0. The molecule has 0 bridgehead atoms. The van der Waals surface area contributed by atoms with Crippen molar-refractivity contribution in [2.75, 3.05) is 32.7 Å². The van der Waals surface area contributed by atoms with Gasteiger partial charge in [0, 0.05) is 38.6 Å². The number of hydrogen-bond donors (Lipinski definition) is 0. The molecule has 3 nitrogen and oxygen atoms in total. The van der Waals surface area contributed by atoms with Crippen LogP contribution in [-0.4, -0.2) is 48.4 Å². The van der Waals surface area contributed by atoms with E-state index in [9.17, 15) is 4.79 Å². The Labute approximate surface area is 140 Å². The summed E-state index contributed by atoms with van der Waals surface area (Å²) in [4.78, 5) is 17.1. The van der Waals surface area contributed by atoms with Crippen LogP contribution < -0.4 is 0 Å². The average Bonchev–Trinajstić information content (AvgIpc) is 2.63. The van der Waals surface area contributed by atoms with Gasteiger partial charge in [0.1, 0.15) is 0 Å². The summed E-state index contributed by atoms with van der Waals surface area (Å²) in [7, 11) is 0. The highest BCUT2D eigenvalue weighted by molar-refractivity contribution is 5.79. The number of carbonyl (C=O) groups excluding carboxylic acids is 1. The molecule has 1 amide bonds. The van der Waals surface area contributed by atoms with Crippen molar-refractivity contribution in [2.24, 2.45) is 5.92 Å². The van der Waals surface area contributed by atoms with Crippen molar-refractivity contribution in [3.8, 4) is 0 Å². The molecule has 1 aliphatic carbocycles. The standard InChI is InChI=1S/C20H28N2O/c23-20(19-11-5-2-6-12-19)22-16-14-21(15-17-22)13-7-10-18-8-3-1-4-9-18/h1,3-4,7-10,19H,2,5-6,11-17H2. The molecular weight excluding hydrogens is 284 g/mol. The van der Waals surface area contributed by atoms with Crippen LogP contribution in [0.1, 0.15) is 37.7 Å². The number of benzene rings is 1. The van der Waals surface area contributed by atoms with Crippen molar-refractivity contribution < 1.29 is 4.79 Å². The molecule has 1 aliphatic heterocycles. The highest BCUT2D eigenvalue weighted by Crippen LogP contribution is 2.25. The van der Waals surface area contributed by atoms with Crippen LogP contribution in [0.3, 0.4) is 0 Å². The third kappa shape index (κ3) is 4.68. The molecular formula is C20H28N2O. The first-order valence-electron chi connectivity index (χ1n) is 9.05. The zero-order valence-corrected chi connectivity index (χ0v) is 14.0. The molecule has 124 valence electrons. The Bertz CT molecular complexity index is 512. The van der Waals surface area contributed by atoms with Crippen molar-refractivity contribution >= 4 is 12.0 Å². The van der Waals surface area contributed by atoms with Gasteiger partial charge in [0.15, 0.2) is 0 Å². The number of nitrogens with zero attached hydrogens (tertiary/aromatic N) is 2. The molecule has 0 N–H and O–H groups in total. The van der Waals surface area contributed by atoms with E-state index in [1.54, 1.807) is 0 Å². The van der Waals surface area contributed by atoms with E-state index in [-0.39, 0.29) is 0 Å². The van der Waals surface area contributed by atoms with Gasteiger partial charge in [-0.25, -0.2) is 0 Å². The summed E-state index contributed by atoms with van der Waals surface area (Å²) in [5, 5.41) is 0.